The molecule has 0 aliphatic rings. The van der Waals surface area contributed by atoms with Crippen molar-refractivity contribution in [2.75, 3.05) is 5.32 Å². The Morgan fingerprint density at radius 1 is 1.53 bits per heavy atom. The predicted octanol–water partition coefficient (Wildman–Crippen LogP) is 2.07. The molecular formula is C12H11BrN4OS. The number of halogens is 1. The largest absolute Gasteiger partial charge is 0.389 e. The molecule has 0 aliphatic heterocycles. The Balaban J connectivity index is 2.28. The molecule has 1 aromatic heterocycles. The molecule has 1 amide bonds. The molecule has 0 unspecified atom stereocenters. The van der Waals surface area contributed by atoms with Gasteiger partial charge in [0, 0.05) is 23.3 Å². The summed E-state index contributed by atoms with van der Waals surface area (Å²) in [5.74, 6) is -0.257. The average Bonchev–Trinajstić information content (AvgIpc) is 2.78. The van der Waals surface area contributed by atoms with Crippen molar-refractivity contribution in [3.63, 3.8) is 0 Å². The standard InChI is InChI=1S/C12H11BrN4OS/c1-17-6-7(5-15-17)12(18)16-10-3-2-8(13)4-9(10)11(14)19/h2-6H,1H3,(H2,14,19)(H,16,18). The van der Waals surface area contributed by atoms with Crippen LogP contribution >= 0.6 is 28.1 Å². The number of carbonyl (C=O) groups excluding carboxylic acids is 1. The molecule has 2 aromatic rings. The van der Waals surface area contributed by atoms with E-state index in [1.165, 1.54) is 6.20 Å². The first-order valence-electron chi connectivity index (χ1n) is 5.36. The van der Waals surface area contributed by atoms with Crippen LogP contribution in [0.5, 0.6) is 0 Å². The smallest absolute Gasteiger partial charge is 0.258 e. The highest BCUT2D eigenvalue weighted by Gasteiger charge is 2.12. The van der Waals surface area contributed by atoms with Gasteiger partial charge < -0.3 is 11.1 Å². The van der Waals surface area contributed by atoms with Gasteiger partial charge in [-0.15, -0.1) is 0 Å². The third-order valence-electron chi connectivity index (χ3n) is 2.46. The summed E-state index contributed by atoms with van der Waals surface area (Å²) >= 11 is 8.31. The molecule has 1 aromatic carbocycles. The lowest BCUT2D eigenvalue weighted by molar-refractivity contribution is 0.102. The molecular weight excluding hydrogens is 328 g/mol. The number of benzene rings is 1. The van der Waals surface area contributed by atoms with Crippen molar-refractivity contribution in [3.05, 3.63) is 46.2 Å². The fourth-order valence-corrected chi connectivity index (χ4v) is 2.09. The molecule has 0 aliphatic carbocycles. The fourth-order valence-electron chi connectivity index (χ4n) is 1.56. The Morgan fingerprint density at radius 2 is 2.26 bits per heavy atom. The van der Waals surface area contributed by atoms with Crippen LogP contribution in [-0.2, 0) is 7.05 Å². The van der Waals surface area contributed by atoms with Crippen LogP contribution in [0.3, 0.4) is 0 Å². The minimum Gasteiger partial charge on any atom is -0.389 e. The summed E-state index contributed by atoms with van der Waals surface area (Å²) in [5.41, 5.74) is 7.30. The van der Waals surface area contributed by atoms with Crippen LogP contribution in [0.1, 0.15) is 15.9 Å². The first-order valence-corrected chi connectivity index (χ1v) is 6.57. The van der Waals surface area contributed by atoms with E-state index in [-0.39, 0.29) is 10.9 Å². The normalized spacial score (nSPS) is 10.2. The Labute approximate surface area is 123 Å². The summed E-state index contributed by atoms with van der Waals surface area (Å²) in [4.78, 5) is 12.3. The maximum Gasteiger partial charge on any atom is 0.258 e. The first kappa shape index (κ1) is 13.7. The van der Waals surface area contributed by atoms with Gasteiger partial charge in [-0.3, -0.25) is 9.48 Å². The van der Waals surface area contributed by atoms with Crippen LogP contribution in [-0.4, -0.2) is 20.7 Å². The Morgan fingerprint density at radius 3 is 2.84 bits per heavy atom. The van der Waals surface area contributed by atoms with Crippen molar-refractivity contribution >= 4 is 44.7 Å². The Hall–Kier alpha value is -1.73. The van der Waals surface area contributed by atoms with Gasteiger partial charge in [0.25, 0.3) is 5.91 Å². The molecule has 3 N–H and O–H groups in total. The number of amides is 1. The molecule has 2 rings (SSSR count). The van der Waals surface area contributed by atoms with Gasteiger partial charge in [-0.1, -0.05) is 28.1 Å². The van der Waals surface area contributed by atoms with E-state index in [1.807, 2.05) is 0 Å². The quantitative estimate of drug-likeness (QED) is 0.840. The van der Waals surface area contributed by atoms with Gasteiger partial charge in [0.05, 0.1) is 17.4 Å². The number of nitrogens with two attached hydrogens (primary N) is 1. The maximum absolute atomic E-state index is 12.0. The molecule has 7 heteroatoms. The van der Waals surface area contributed by atoms with E-state index < -0.39 is 0 Å². The Kier molecular flexibility index (Phi) is 3.96. The minimum absolute atomic E-state index is 0.225. The second-order valence-electron chi connectivity index (χ2n) is 3.91. The molecule has 98 valence electrons. The molecule has 5 nitrogen and oxygen atoms in total. The zero-order chi connectivity index (χ0) is 14.0. The van der Waals surface area contributed by atoms with Crippen molar-refractivity contribution in [1.29, 1.82) is 0 Å². The van der Waals surface area contributed by atoms with Crippen LogP contribution < -0.4 is 11.1 Å². The zero-order valence-corrected chi connectivity index (χ0v) is 12.5. The number of hydrogen-bond donors (Lipinski definition) is 2. The van der Waals surface area contributed by atoms with Crippen molar-refractivity contribution in [2.45, 2.75) is 0 Å². The van der Waals surface area contributed by atoms with Gasteiger partial charge in [-0.25, -0.2) is 0 Å². The third-order valence-corrected chi connectivity index (χ3v) is 3.18. The summed E-state index contributed by atoms with van der Waals surface area (Å²) in [6.07, 6.45) is 3.13. The molecule has 1 heterocycles. The van der Waals surface area contributed by atoms with E-state index in [2.05, 4.69) is 26.3 Å². The van der Waals surface area contributed by atoms with Gasteiger partial charge >= 0.3 is 0 Å². The second kappa shape index (κ2) is 5.50. The van der Waals surface area contributed by atoms with E-state index in [9.17, 15) is 4.79 Å². The minimum atomic E-state index is -0.257. The highest BCUT2D eigenvalue weighted by molar-refractivity contribution is 9.10. The van der Waals surface area contributed by atoms with E-state index in [4.69, 9.17) is 18.0 Å². The molecule has 0 atom stereocenters. The van der Waals surface area contributed by atoms with Gasteiger partial charge in [-0.05, 0) is 18.2 Å². The lowest BCUT2D eigenvalue weighted by Gasteiger charge is -2.09. The van der Waals surface area contributed by atoms with E-state index >= 15 is 0 Å². The highest BCUT2D eigenvalue weighted by atomic mass is 79.9. The number of rotatable bonds is 3. The molecule has 0 spiro atoms. The van der Waals surface area contributed by atoms with Crippen molar-refractivity contribution in [2.24, 2.45) is 12.8 Å². The van der Waals surface area contributed by atoms with Crippen molar-refractivity contribution in [1.82, 2.24) is 9.78 Å². The van der Waals surface area contributed by atoms with Crippen LogP contribution in [0.25, 0.3) is 0 Å². The summed E-state index contributed by atoms with van der Waals surface area (Å²) in [6, 6.07) is 5.31. The first-order chi connectivity index (χ1) is 8.97. The van der Waals surface area contributed by atoms with E-state index in [1.54, 1.807) is 36.1 Å². The predicted molar refractivity (Wildman–Crippen MR) is 81.2 cm³/mol. The monoisotopic (exact) mass is 338 g/mol. The molecule has 0 saturated heterocycles. The summed E-state index contributed by atoms with van der Waals surface area (Å²) < 4.78 is 2.40. The number of anilines is 1. The number of carbonyl (C=O) groups is 1. The van der Waals surface area contributed by atoms with Gasteiger partial charge in [0.15, 0.2) is 0 Å². The van der Waals surface area contributed by atoms with E-state index in [0.29, 0.717) is 16.8 Å². The van der Waals surface area contributed by atoms with Crippen LogP contribution in [0, 0.1) is 0 Å². The molecule has 0 bridgehead atoms. The Bertz CT molecular complexity index is 653. The molecule has 0 radical (unpaired) electrons. The summed E-state index contributed by atoms with van der Waals surface area (Å²) in [6.45, 7) is 0. The van der Waals surface area contributed by atoms with Crippen LogP contribution in [0.2, 0.25) is 0 Å². The maximum atomic E-state index is 12.0. The number of nitrogens with one attached hydrogen (secondary N) is 1. The van der Waals surface area contributed by atoms with Crippen LogP contribution in [0.4, 0.5) is 5.69 Å². The number of nitrogens with zero attached hydrogens (tertiary/aromatic N) is 2. The van der Waals surface area contributed by atoms with Gasteiger partial charge in [-0.2, -0.15) is 5.10 Å². The second-order valence-corrected chi connectivity index (χ2v) is 5.27. The topological polar surface area (TPSA) is 72.9 Å². The van der Waals surface area contributed by atoms with Gasteiger partial charge in [0.1, 0.15) is 4.99 Å². The third kappa shape index (κ3) is 3.18. The SMILES string of the molecule is Cn1cc(C(=O)Nc2ccc(Br)cc2C(N)=S)cn1. The highest BCUT2D eigenvalue weighted by Crippen LogP contribution is 2.21. The number of thiocarbonyl (C=S) groups is 1. The molecule has 19 heavy (non-hydrogen) atoms. The number of hydrogen-bond acceptors (Lipinski definition) is 3. The van der Waals surface area contributed by atoms with Crippen molar-refractivity contribution < 1.29 is 4.79 Å². The van der Waals surface area contributed by atoms with Gasteiger partial charge in [0.2, 0.25) is 0 Å². The fraction of sp³-hybridized carbons (Fsp3) is 0.0833. The average molecular weight is 339 g/mol. The summed E-state index contributed by atoms with van der Waals surface area (Å²) in [7, 11) is 1.75. The van der Waals surface area contributed by atoms with Crippen molar-refractivity contribution in [3.8, 4) is 0 Å². The zero-order valence-electron chi connectivity index (χ0n) is 10.1. The van der Waals surface area contributed by atoms with Crippen LogP contribution in [0.15, 0.2) is 35.1 Å². The molecule has 0 saturated carbocycles. The summed E-state index contributed by atoms with van der Waals surface area (Å²) in [5, 5.41) is 6.72. The van der Waals surface area contributed by atoms with E-state index in [0.717, 1.165) is 4.47 Å². The molecule has 0 fully saturated rings. The number of aromatic nitrogens is 2. The number of aryl methyl sites for hydroxylation is 1. The lowest BCUT2D eigenvalue weighted by Crippen LogP contribution is -2.17. The lowest BCUT2D eigenvalue weighted by atomic mass is 10.1.